The predicted octanol–water partition coefficient (Wildman–Crippen LogP) is 4.29. The topological polar surface area (TPSA) is 79.2 Å². The molecule has 0 unspecified atom stereocenters. The van der Waals surface area contributed by atoms with Crippen molar-refractivity contribution in [1.82, 2.24) is 0 Å². The first-order valence-corrected chi connectivity index (χ1v) is 11.8. The average Bonchev–Trinajstić information content (AvgIpc) is 3.05. The molecule has 0 aromatic carbocycles. The molecule has 1 aliphatic rings. The summed E-state index contributed by atoms with van der Waals surface area (Å²) < 4.78 is 10.9. The zero-order valence-electron chi connectivity index (χ0n) is 17.7. The highest BCUT2D eigenvalue weighted by Gasteiger charge is 2.41. The Labute approximate surface area is 176 Å². The van der Waals surface area contributed by atoms with E-state index in [1.165, 1.54) is 70.6 Å². The van der Waals surface area contributed by atoms with E-state index in [-0.39, 0.29) is 6.61 Å². The van der Waals surface area contributed by atoms with E-state index in [1.807, 2.05) is 0 Å². The fourth-order valence-corrected chi connectivity index (χ4v) is 3.94. The first-order chi connectivity index (χ1) is 13.6. The van der Waals surface area contributed by atoms with Gasteiger partial charge in [0.2, 0.25) is 0 Å². The summed E-state index contributed by atoms with van der Waals surface area (Å²) in [5, 5.41) is 29.2. The maximum Gasteiger partial charge on any atom is 0.160 e. The van der Waals surface area contributed by atoms with Gasteiger partial charge in [0.05, 0.1) is 13.2 Å². The van der Waals surface area contributed by atoms with Gasteiger partial charge in [-0.05, 0) is 18.6 Å². The molecule has 1 heterocycles. The number of thiocarbonyl (C=S) groups is 1. The molecule has 4 atom stereocenters. The lowest BCUT2D eigenvalue weighted by Gasteiger charge is -2.21. The molecule has 0 aliphatic carbocycles. The molecule has 3 N–H and O–H groups in total. The molecule has 0 aromatic heterocycles. The fourth-order valence-electron chi connectivity index (χ4n) is 3.68. The minimum atomic E-state index is -1.10. The number of unbranched alkanes of at least 4 members (excludes halogenated alkanes) is 12. The third-order valence-electron chi connectivity index (χ3n) is 5.50. The summed E-state index contributed by atoms with van der Waals surface area (Å²) in [4.78, 5) is 0. The second kappa shape index (κ2) is 16.5. The van der Waals surface area contributed by atoms with E-state index in [0.717, 1.165) is 12.8 Å². The number of aliphatic hydroxyl groups excluding tert-OH is 3. The number of hydrogen-bond acceptors (Lipinski definition) is 6. The van der Waals surface area contributed by atoms with E-state index in [0.29, 0.717) is 11.5 Å². The Bertz CT molecular complexity index is 393. The molecule has 0 spiro atoms. The van der Waals surface area contributed by atoms with Crippen LogP contribution in [0.1, 0.15) is 96.8 Å². The number of aliphatic hydroxyl groups is 3. The van der Waals surface area contributed by atoms with Crippen molar-refractivity contribution in [3.8, 4) is 0 Å². The predicted molar refractivity (Wildman–Crippen MR) is 117 cm³/mol. The van der Waals surface area contributed by atoms with Gasteiger partial charge in [-0.3, -0.25) is 0 Å². The summed E-state index contributed by atoms with van der Waals surface area (Å²) in [5.41, 5.74) is 0. The quantitative estimate of drug-likeness (QED) is 0.241. The summed E-state index contributed by atoms with van der Waals surface area (Å²) in [6.07, 6.45) is 14.3. The van der Waals surface area contributed by atoms with Crippen LogP contribution < -0.4 is 0 Å². The van der Waals surface area contributed by atoms with E-state index in [2.05, 4.69) is 6.92 Å². The molecule has 1 rings (SSSR count). The Hall–Kier alpha value is -0.270. The van der Waals surface area contributed by atoms with E-state index < -0.39 is 31.0 Å². The van der Waals surface area contributed by atoms with Crippen molar-refractivity contribution in [1.29, 1.82) is 0 Å². The third-order valence-corrected chi connectivity index (χ3v) is 5.80. The highest BCUT2D eigenvalue weighted by atomic mass is 32.1. The van der Waals surface area contributed by atoms with Gasteiger partial charge in [0.25, 0.3) is 0 Å². The van der Waals surface area contributed by atoms with E-state index in [9.17, 15) is 10.2 Å². The molecule has 0 radical (unpaired) electrons. The highest BCUT2D eigenvalue weighted by Crippen LogP contribution is 2.21. The monoisotopic (exact) mass is 418 g/mol. The summed E-state index contributed by atoms with van der Waals surface area (Å²) >= 11 is 5.26. The summed E-state index contributed by atoms with van der Waals surface area (Å²) in [7, 11) is 0. The molecule has 5 nitrogen and oxygen atoms in total. The Balaban J connectivity index is 1.92. The summed E-state index contributed by atoms with van der Waals surface area (Å²) in [6.45, 7) is 2.00. The minimum Gasteiger partial charge on any atom is -0.479 e. The van der Waals surface area contributed by atoms with Crippen molar-refractivity contribution >= 4 is 17.3 Å². The molecule has 0 amide bonds. The maximum atomic E-state index is 10.1. The van der Waals surface area contributed by atoms with Crippen LogP contribution in [0.3, 0.4) is 0 Å². The molecule has 28 heavy (non-hydrogen) atoms. The maximum absolute atomic E-state index is 10.1. The lowest BCUT2D eigenvalue weighted by Crippen LogP contribution is -2.41. The lowest BCUT2D eigenvalue weighted by molar-refractivity contribution is -0.0679. The molecule has 1 fully saturated rings. The molecule has 0 saturated carbocycles. The van der Waals surface area contributed by atoms with Crippen LogP contribution in [0, 0.1) is 0 Å². The van der Waals surface area contributed by atoms with Gasteiger partial charge in [-0.2, -0.15) is 0 Å². The smallest absolute Gasteiger partial charge is 0.160 e. The second-order valence-corrected chi connectivity index (χ2v) is 8.51. The van der Waals surface area contributed by atoms with E-state index >= 15 is 0 Å². The van der Waals surface area contributed by atoms with Gasteiger partial charge in [-0.25, -0.2) is 0 Å². The van der Waals surface area contributed by atoms with Crippen molar-refractivity contribution < 1.29 is 24.8 Å². The fraction of sp³-hybridized carbons (Fsp3) is 0.955. The third kappa shape index (κ3) is 11.1. The van der Waals surface area contributed by atoms with Gasteiger partial charge < -0.3 is 24.8 Å². The summed E-state index contributed by atoms with van der Waals surface area (Å²) in [5.74, 6) is 0. The van der Waals surface area contributed by atoms with Crippen LogP contribution in [0.5, 0.6) is 0 Å². The normalized spacial score (nSPS) is 23.1. The van der Waals surface area contributed by atoms with Crippen molar-refractivity contribution in [2.45, 2.75) is 121 Å². The lowest BCUT2D eigenvalue weighted by atomic mass is 10.0. The molecular formula is C22H42O5S. The van der Waals surface area contributed by atoms with Crippen LogP contribution in [0.2, 0.25) is 0 Å². The van der Waals surface area contributed by atoms with Gasteiger partial charge >= 0.3 is 0 Å². The number of ether oxygens (including phenoxy) is 2. The van der Waals surface area contributed by atoms with Crippen LogP contribution in [0.15, 0.2) is 0 Å². The zero-order valence-corrected chi connectivity index (χ0v) is 18.5. The molecule has 6 heteroatoms. The standard InChI is InChI=1S/C22H42O5S/c1-2-3-4-5-6-7-8-9-10-11-12-13-14-15-20(28)27-19-17-26-22(21(19)25)18(24)16-23/h18-19,21-25H,2-17H2,1H3/t18-,19+,21+,22+/m0/s1. The Morgan fingerprint density at radius 1 is 0.964 bits per heavy atom. The first-order valence-electron chi connectivity index (χ1n) is 11.4. The molecule has 0 bridgehead atoms. The Morgan fingerprint density at radius 3 is 1.96 bits per heavy atom. The summed E-state index contributed by atoms with van der Waals surface area (Å²) in [6, 6.07) is 0. The van der Waals surface area contributed by atoms with Crippen molar-refractivity contribution in [2.24, 2.45) is 0 Å². The average molecular weight is 419 g/mol. The molecule has 1 saturated heterocycles. The van der Waals surface area contributed by atoms with Gasteiger partial charge in [0.15, 0.2) is 11.2 Å². The van der Waals surface area contributed by atoms with Crippen LogP contribution in [-0.4, -0.2) is 58.0 Å². The SMILES string of the molecule is CCCCCCCCCCCCCCCC(=S)O[C@@H]1CO[C@H]([C@@H](O)CO)[C@@H]1O. The van der Waals surface area contributed by atoms with Crippen LogP contribution in [0.25, 0.3) is 0 Å². The molecule has 0 aromatic rings. The van der Waals surface area contributed by atoms with Crippen LogP contribution in [0.4, 0.5) is 0 Å². The second-order valence-electron chi connectivity index (χ2n) is 8.06. The van der Waals surface area contributed by atoms with Crippen molar-refractivity contribution in [2.75, 3.05) is 13.2 Å². The van der Waals surface area contributed by atoms with Crippen molar-refractivity contribution in [3.63, 3.8) is 0 Å². The van der Waals surface area contributed by atoms with E-state index in [1.54, 1.807) is 0 Å². The molecule has 1 aliphatic heterocycles. The van der Waals surface area contributed by atoms with Gasteiger partial charge in [0.1, 0.15) is 18.3 Å². The van der Waals surface area contributed by atoms with Gasteiger partial charge in [-0.1, -0.05) is 84.0 Å². The Morgan fingerprint density at radius 2 is 1.46 bits per heavy atom. The molecular weight excluding hydrogens is 376 g/mol. The van der Waals surface area contributed by atoms with Gasteiger partial charge in [0, 0.05) is 6.42 Å². The van der Waals surface area contributed by atoms with Crippen LogP contribution >= 0.6 is 12.2 Å². The number of rotatable bonds is 17. The zero-order chi connectivity index (χ0) is 20.6. The largest absolute Gasteiger partial charge is 0.479 e. The van der Waals surface area contributed by atoms with Gasteiger partial charge in [-0.15, -0.1) is 0 Å². The highest BCUT2D eigenvalue weighted by molar-refractivity contribution is 7.80. The molecule has 166 valence electrons. The van der Waals surface area contributed by atoms with Crippen LogP contribution in [-0.2, 0) is 9.47 Å². The van der Waals surface area contributed by atoms with Crippen molar-refractivity contribution in [3.05, 3.63) is 0 Å². The Kier molecular flexibility index (Phi) is 15.2. The minimum absolute atomic E-state index is 0.182. The first kappa shape index (κ1) is 25.8. The number of hydrogen-bond donors (Lipinski definition) is 3. The van der Waals surface area contributed by atoms with E-state index in [4.69, 9.17) is 26.8 Å².